The fourth-order valence-corrected chi connectivity index (χ4v) is 12.9. The summed E-state index contributed by atoms with van der Waals surface area (Å²) in [6.07, 6.45) is 1.82. The van der Waals surface area contributed by atoms with E-state index in [2.05, 4.69) is 266 Å². The van der Waals surface area contributed by atoms with Gasteiger partial charge in [0.15, 0.2) is 0 Å². The lowest BCUT2D eigenvalue weighted by Crippen LogP contribution is -2.18. The fraction of sp³-hybridized carbons (Fsp3) is 0.0704. The van der Waals surface area contributed by atoms with Gasteiger partial charge in [0.05, 0.1) is 0 Å². The second-order valence-corrected chi connectivity index (χ2v) is 20.8. The molecule has 0 saturated heterocycles. The quantitative estimate of drug-likeness (QED) is 0.159. The lowest BCUT2D eigenvalue weighted by Gasteiger charge is -2.34. The Kier molecular flexibility index (Phi) is 9.16. The SMILES string of the molecule is CC1(C)c2ccccc2-c2ccc(-c3c4ccc(N5c6ccccc6Cc6ccccc65)cc4c(-c4cccc(-c5ccc6ccccc6c5)c4)c4ccc(N5c6ccccc6Cc6ccccc65)cc34)cc21. The van der Waals surface area contributed by atoms with E-state index in [1.54, 1.807) is 0 Å². The van der Waals surface area contributed by atoms with Gasteiger partial charge >= 0.3 is 0 Å². The molecular weight excluding hydrogens is 881 g/mol. The van der Waals surface area contributed by atoms with Crippen molar-refractivity contribution < 1.29 is 0 Å². The van der Waals surface area contributed by atoms with Crippen molar-refractivity contribution in [1.29, 1.82) is 0 Å². The summed E-state index contributed by atoms with van der Waals surface area (Å²) in [4.78, 5) is 4.99. The summed E-state index contributed by atoms with van der Waals surface area (Å²) in [5, 5.41) is 7.39. The largest absolute Gasteiger partial charge is 0.310 e. The number of nitrogens with zero attached hydrogens (tertiary/aromatic N) is 2. The zero-order valence-corrected chi connectivity index (χ0v) is 40.9. The molecule has 0 atom stereocenters. The smallest absolute Gasteiger partial charge is 0.0497 e. The lowest BCUT2D eigenvalue weighted by atomic mass is 9.80. The zero-order valence-electron chi connectivity index (χ0n) is 40.9. The van der Waals surface area contributed by atoms with Crippen LogP contribution in [0.15, 0.2) is 243 Å². The Morgan fingerprint density at radius 2 is 0.753 bits per heavy atom. The molecule has 0 spiro atoms. The summed E-state index contributed by atoms with van der Waals surface area (Å²) >= 11 is 0. The first kappa shape index (κ1) is 41.8. The average Bonchev–Trinajstić information content (AvgIpc) is 3.67. The minimum absolute atomic E-state index is 0.161. The first-order valence-electron chi connectivity index (χ1n) is 25.7. The number of anilines is 6. The molecule has 0 N–H and O–H groups in total. The molecule has 0 bridgehead atoms. The van der Waals surface area contributed by atoms with Gasteiger partial charge in [-0.25, -0.2) is 0 Å². The van der Waals surface area contributed by atoms with E-state index in [4.69, 9.17) is 0 Å². The van der Waals surface area contributed by atoms with E-state index in [0.717, 1.165) is 24.2 Å². The first-order valence-corrected chi connectivity index (χ1v) is 25.7. The Balaban J connectivity index is 1.05. The molecule has 1 aliphatic carbocycles. The van der Waals surface area contributed by atoms with Crippen LogP contribution in [0.4, 0.5) is 34.1 Å². The molecule has 0 amide bonds. The molecule has 12 aromatic rings. The summed E-state index contributed by atoms with van der Waals surface area (Å²) in [7, 11) is 0. The molecule has 0 aromatic heterocycles. The van der Waals surface area contributed by atoms with Crippen LogP contribution in [0.5, 0.6) is 0 Å². The van der Waals surface area contributed by atoms with Gasteiger partial charge in [-0.1, -0.05) is 190 Å². The summed E-state index contributed by atoms with van der Waals surface area (Å²) < 4.78 is 0. The van der Waals surface area contributed by atoms with Crippen molar-refractivity contribution >= 4 is 66.4 Å². The van der Waals surface area contributed by atoms with Crippen molar-refractivity contribution in [3.63, 3.8) is 0 Å². The van der Waals surface area contributed by atoms with Gasteiger partial charge in [0.1, 0.15) is 0 Å². The number of para-hydroxylation sites is 4. The molecule has 0 radical (unpaired) electrons. The molecule has 0 unspecified atom stereocenters. The highest BCUT2D eigenvalue weighted by Gasteiger charge is 2.36. The average molecular weight is 931 g/mol. The Morgan fingerprint density at radius 1 is 0.301 bits per heavy atom. The van der Waals surface area contributed by atoms with Crippen molar-refractivity contribution in [3.8, 4) is 44.5 Å². The molecule has 12 aromatic carbocycles. The third-order valence-corrected chi connectivity index (χ3v) is 16.4. The van der Waals surface area contributed by atoms with Gasteiger partial charge in [-0.15, -0.1) is 0 Å². The minimum Gasteiger partial charge on any atom is -0.310 e. The van der Waals surface area contributed by atoms with E-state index in [9.17, 15) is 0 Å². The van der Waals surface area contributed by atoms with Gasteiger partial charge < -0.3 is 9.80 Å². The summed E-state index contributed by atoms with van der Waals surface area (Å²) in [5.41, 5.74) is 25.1. The monoisotopic (exact) mass is 930 g/mol. The second kappa shape index (κ2) is 16.0. The van der Waals surface area contributed by atoms with E-state index in [1.165, 1.54) is 133 Å². The lowest BCUT2D eigenvalue weighted by molar-refractivity contribution is 0.660. The molecule has 0 fully saturated rings. The van der Waals surface area contributed by atoms with E-state index < -0.39 is 0 Å². The highest BCUT2D eigenvalue weighted by atomic mass is 15.2. The predicted octanol–water partition coefficient (Wildman–Crippen LogP) is 19.2. The van der Waals surface area contributed by atoms with Crippen LogP contribution < -0.4 is 9.80 Å². The molecule has 2 heterocycles. The Morgan fingerprint density at radius 3 is 1.34 bits per heavy atom. The van der Waals surface area contributed by atoms with Gasteiger partial charge in [-0.2, -0.15) is 0 Å². The van der Waals surface area contributed by atoms with Crippen LogP contribution >= 0.6 is 0 Å². The molecule has 3 aliphatic rings. The van der Waals surface area contributed by atoms with Crippen LogP contribution in [0.2, 0.25) is 0 Å². The van der Waals surface area contributed by atoms with Crippen LogP contribution in [0.1, 0.15) is 47.2 Å². The Bertz CT molecular complexity index is 4180. The third-order valence-electron chi connectivity index (χ3n) is 16.4. The molecular formula is C71H50N2. The van der Waals surface area contributed by atoms with Gasteiger partial charge in [0, 0.05) is 52.4 Å². The van der Waals surface area contributed by atoms with Crippen molar-refractivity contribution in [1.82, 2.24) is 0 Å². The molecule has 0 saturated carbocycles. The fourth-order valence-electron chi connectivity index (χ4n) is 12.9. The molecule has 2 aliphatic heterocycles. The third kappa shape index (κ3) is 6.43. The van der Waals surface area contributed by atoms with Crippen molar-refractivity contribution in [2.24, 2.45) is 0 Å². The number of benzene rings is 12. The maximum absolute atomic E-state index is 2.52. The van der Waals surface area contributed by atoms with Gasteiger partial charge in [-0.3, -0.25) is 0 Å². The van der Waals surface area contributed by atoms with Crippen LogP contribution in [0.3, 0.4) is 0 Å². The van der Waals surface area contributed by atoms with E-state index >= 15 is 0 Å². The minimum atomic E-state index is -0.161. The number of rotatable bonds is 5. The van der Waals surface area contributed by atoms with Crippen molar-refractivity contribution in [2.75, 3.05) is 9.80 Å². The number of hydrogen-bond donors (Lipinski definition) is 0. The molecule has 2 heteroatoms. The zero-order chi connectivity index (χ0) is 48.4. The van der Waals surface area contributed by atoms with E-state index in [-0.39, 0.29) is 5.41 Å². The van der Waals surface area contributed by atoms with E-state index in [1.807, 2.05) is 0 Å². The van der Waals surface area contributed by atoms with Gasteiger partial charge in [0.25, 0.3) is 0 Å². The topological polar surface area (TPSA) is 6.48 Å². The van der Waals surface area contributed by atoms with E-state index in [0.29, 0.717) is 0 Å². The Labute approximate surface area is 426 Å². The second-order valence-electron chi connectivity index (χ2n) is 20.8. The number of hydrogen-bond acceptors (Lipinski definition) is 2. The van der Waals surface area contributed by atoms with Crippen LogP contribution in [0, 0.1) is 0 Å². The molecule has 2 nitrogen and oxygen atoms in total. The maximum Gasteiger partial charge on any atom is 0.0497 e. The molecule has 344 valence electrons. The van der Waals surface area contributed by atoms with Crippen molar-refractivity contribution in [3.05, 3.63) is 276 Å². The normalized spacial score (nSPS) is 13.8. The van der Waals surface area contributed by atoms with Crippen LogP contribution in [-0.2, 0) is 18.3 Å². The summed E-state index contributed by atoms with van der Waals surface area (Å²) in [5.74, 6) is 0. The summed E-state index contributed by atoms with van der Waals surface area (Å²) in [6, 6.07) is 91.5. The van der Waals surface area contributed by atoms with Crippen molar-refractivity contribution in [2.45, 2.75) is 32.1 Å². The number of fused-ring (bicyclic) bond motifs is 10. The highest BCUT2D eigenvalue weighted by molar-refractivity contribution is 6.23. The highest BCUT2D eigenvalue weighted by Crippen LogP contribution is 2.54. The first-order chi connectivity index (χ1) is 35.9. The van der Waals surface area contributed by atoms with Gasteiger partial charge in [-0.05, 0) is 177 Å². The van der Waals surface area contributed by atoms with Gasteiger partial charge in [0.2, 0.25) is 0 Å². The molecule has 15 rings (SSSR count). The predicted molar refractivity (Wildman–Crippen MR) is 308 cm³/mol. The van der Waals surface area contributed by atoms with Crippen LogP contribution in [0.25, 0.3) is 76.8 Å². The summed E-state index contributed by atoms with van der Waals surface area (Å²) in [6.45, 7) is 4.79. The van der Waals surface area contributed by atoms with Crippen LogP contribution in [-0.4, -0.2) is 0 Å². The maximum atomic E-state index is 2.52. The standard InChI is InChI=1S/C71H50N2/c1-71(2)63-25-10-9-24-57(63)58-35-32-54(42-64(58)71)70-60-37-34-55(72-65-26-11-5-18-49(65)40-50-19-6-12-27-66(50)72)43-61(60)69(53-23-15-22-47(39-53)48-31-30-45-16-3-4-17-46(45)38-48)59-36-33-56(44-62(59)70)73-67-28-13-7-20-51(67)41-52-21-8-14-29-68(52)73/h3-39,42-44H,40-41H2,1-2H3. The molecule has 73 heavy (non-hydrogen) atoms. The Hall–Kier alpha value is -8.98.